The number of Topliss-reactive ketones (excluding diaryl/α,β-unsaturated/α-hetero) is 1. The van der Waals surface area contributed by atoms with Crippen LogP contribution < -0.4 is 0 Å². The Balaban J connectivity index is 2.45. The van der Waals surface area contributed by atoms with Gasteiger partial charge in [0, 0.05) is 26.1 Å². The molecule has 15 heavy (non-hydrogen) atoms. The van der Waals surface area contributed by atoms with Gasteiger partial charge in [0.25, 0.3) is 0 Å². The molecule has 2 nitrogen and oxygen atoms in total. The van der Waals surface area contributed by atoms with Crippen LogP contribution in [-0.2, 0) is 9.53 Å². The molecule has 0 bridgehead atoms. The SMILES string of the molecule is CCC1CCC(=O)C(C(C)CCOC)C1. The first-order valence-electron chi connectivity index (χ1n) is 6.20. The fourth-order valence-corrected chi connectivity index (χ4v) is 2.57. The van der Waals surface area contributed by atoms with Gasteiger partial charge in [-0.3, -0.25) is 4.79 Å². The Morgan fingerprint density at radius 1 is 1.53 bits per heavy atom. The summed E-state index contributed by atoms with van der Waals surface area (Å²) in [5, 5.41) is 0. The van der Waals surface area contributed by atoms with Crippen LogP contribution in [0.4, 0.5) is 0 Å². The van der Waals surface area contributed by atoms with E-state index in [0.29, 0.717) is 17.6 Å². The van der Waals surface area contributed by atoms with E-state index >= 15 is 0 Å². The number of methoxy groups -OCH3 is 1. The van der Waals surface area contributed by atoms with Gasteiger partial charge in [-0.25, -0.2) is 0 Å². The Labute approximate surface area is 93.4 Å². The first-order valence-corrected chi connectivity index (χ1v) is 6.20. The lowest BCUT2D eigenvalue weighted by molar-refractivity contribution is -0.127. The topological polar surface area (TPSA) is 26.3 Å². The predicted molar refractivity (Wildman–Crippen MR) is 61.8 cm³/mol. The molecule has 1 fully saturated rings. The number of ether oxygens (including phenoxy) is 1. The van der Waals surface area contributed by atoms with Crippen molar-refractivity contribution >= 4 is 5.78 Å². The van der Waals surface area contributed by atoms with Crippen LogP contribution in [0.3, 0.4) is 0 Å². The molecule has 1 aliphatic carbocycles. The average Bonchev–Trinajstić information content (AvgIpc) is 2.26. The molecule has 0 aromatic carbocycles. The van der Waals surface area contributed by atoms with E-state index in [2.05, 4.69) is 13.8 Å². The molecule has 0 amide bonds. The molecule has 1 aliphatic rings. The summed E-state index contributed by atoms with van der Waals surface area (Å²) in [7, 11) is 1.73. The van der Waals surface area contributed by atoms with Crippen molar-refractivity contribution in [1.82, 2.24) is 0 Å². The number of hydrogen-bond donors (Lipinski definition) is 0. The van der Waals surface area contributed by atoms with Gasteiger partial charge in [0.2, 0.25) is 0 Å². The summed E-state index contributed by atoms with van der Waals surface area (Å²) in [5.74, 6) is 2.06. The average molecular weight is 212 g/mol. The van der Waals surface area contributed by atoms with Gasteiger partial charge in [-0.15, -0.1) is 0 Å². The summed E-state index contributed by atoms with van der Waals surface area (Å²) in [4.78, 5) is 11.8. The fourth-order valence-electron chi connectivity index (χ4n) is 2.57. The molecule has 0 N–H and O–H groups in total. The van der Waals surface area contributed by atoms with Crippen molar-refractivity contribution in [1.29, 1.82) is 0 Å². The normalized spacial score (nSPS) is 29.1. The van der Waals surface area contributed by atoms with E-state index in [1.807, 2.05) is 0 Å². The molecule has 3 atom stereocenters. The van der Waals surface area contributed by atoms with Crippen LogP contribution in [0.5, 0.6) is 0 Å². The minimum absolute atomic E-state index is 0.304. The molecule has 1 rings (SSSR count). The van der Waals surface area contributed by atoms with Gasteiger partial charge in [0.1, 0.15) is 5.78 Å². The Hall–Kier alpha value is -0.370. The van der Waals surface area contributed by atoms with Crippen molar-refractivity contribution in [3.63, 3.8) is 0 Å². The molecule has 0 spiro atoms. The van der Waals surface area contributed by atoms with E-state index in [-0.39, 0.29) is 0 Å². The highest BCUT2D eigenvalue weighted by molar-refractivity contribution is 5.82. The molecule has 0 aromatic rings. The van der Waals surface area contributed by atoms with Crippen molar-refractivity contribution in [2.24, 2.45) is 17.8 Å². The Bertz CT molecular complexity index is 201. The maximum atomic E-state index is 11.8. The highest BCUT2D eigenvalue weighted by Crippen LogP contribution is 2.34. The molecule has 0 aromatic heterocycles. The largest absolute Gasteiger partial charge is 0.385 e. The fraction of sp³-hybridized carbons (Fsp3) is 0.923. The minimum atomic E-state index is 0.304. The molecular formula is C13H24O2. The van der Waals surface area contributed by atoms with Gasteiger partial charge in [-0.1, -0.05) is 20.3 Å². The summed E-state index contributed by atoms with van der Waals surface area (Å²) >= 11 is 0. The summed E-state index contributed by atoms with van der Waals surface area (Å²) in [6, 6.07) is 0. The van der Waals surface area contributed by atoms with E-state index in [1.165, 1.54) is 6.42 Å². The highest BCUT2D eigenvalue weighted by Gasteiger charge is 2.31. The van der Waals surface area contributed by atoms with Crippen LogP contribution in [-0.4, -0.2) is 19.5 Å². The van der Waals surface area contributed by atoms with Crippen molar-refractivity contribution in [2.75, 3.05) is 13.7 Å². The van der Waals surface area contributed by atoms with Crippen molar-refractivity contribution < 1.29 is 9.53 Å². The maximum absolute atomic E-state index is 11.8. The zero-order valence-corrected chi connectivity index (χ0v) is 10.3. The molecule has 88 valence electrons. The van der Waals surface area contributed by atoms with Crippen molar-refractivity contribution in [3.8, 4) is 0 Å². The van der Waals surface area contributed by atoms with Crippen LogP contribution in [0.15, 0.2) is 0 Å². The predicted octanol–water partition coefficient (Wildman–Crippen LogP) is 3.05. The summed E-state index contributed by atoms with van der Waals surface area (Å²) < 4.78 is 5.08. The summed E-state index contributed by atoms with van der Waals surface area (Å²) in [6.07, 6.45) is 5.27. The van der Waals surface area contributed by atoms with Gasteiger partial charge in [0.15, 0.2) is 0 Å². The Morgan fingerprint density at radius 2 is 2.27 bits per heavy atom. The van der Waals surface area contributed by atoms with E-state index in [4.69, 9.17) is 4.74 Å². The summed E-state index contributed by atoms with van der Waals surface area (Å²) in [5.41, 5.74) is 0. The smallest absolute Gasteiger partial charge is 0.136 e. The first kappa shape index (κ1) is 12.7. The number of ketones is 1. The lowest BCUT2D eigenvalue weighted by atomic mass is 9.73. The first-order chi connectivity index (χ1) is 7.19. The highest BCUT2D eigenvalue weighted by atomic mass is 16.5. The Morgan fingerprint density at radius 3 is 2.87 bits per heavy atom. The quantitative estimate of drug-likeness (QED) is 0.700. The van der Waals surface area contributed by atoms with E-state index in [9.17, 15) is 4.79 Å². The molecule has 0 aliphatic heterocycles. The van der Waals surface area contributed by atoms with Crippen LogP contribution in [0.2, 0.25) is 0 Å². The van der Waals surface area contributed by atoms with Crippen molar-refractivity contribution in [3.05, 3.63) is 0 Å². The van der Waals surface area contributed by atoms with Crippen LogP contribution in [0.25, 0.3) is 0 Å². The molecule has 0 saturated heterocycles. The second-order valence-electron chi connectivity index (χ2n) is 4.88. The third-order valence-corrected chi connectivity index (χ3v) is 3.84. The van der Waals surface area contributed by atoms with Gasteiger partial charge in [0.05, 0.1) is 0 Å². The Kier molecular flexibility index (Phi) is 5.30. The monoisotopic (exact) mass is 212 g/mol. The second-order valence-corrected chi connectivity index (χ2v) is 4.88. The molecule has 1 saturated carbocycles. The van der Waals surface area contributed by atoms with Gasteiger partial charge in [-0.2, -0.15) is 0 Å². The van der Waals surface area contributed by atoms with Gasteiger partial charge in [-0.05, 0) is 31.1 Å². The summed E-state index contributed by atoms with van der Waals surface area (Å²) in [6.45, 7) is 5.21. The van der Waals surface area contributed by atoms with E-state index in [0.717, 1.165) is 38.2 Å². The standard InChI is InChI=1S/C13H24O2/c1-4-11-5-6-13(14)12(9-11)10(2)7-8-15-3/h10-12H,4-9H2,1-3H3. The molecule has 2 heteroatoms. The maximum Gasteiger partial charge on any atom is 0.136 e. The number of hydrogen-bond acceptors (Lipinski definition) is 2. The second kappa shape index (κ2) is 6.26. The van der Waals surface area contributed by atoms with Crippen LogP contribution >= 0.6 is 0 Å². The molecule has 3 unspecified atom stereocenters. The number of carbonyl (C=O) groups excluding carboxylic acids is 1. The zero-order chi connectivity index (χ0) is 11.3. The minimum Gasteiger partial charge on any atom is -0.385 e. The van der Waals surface area contributed by atoms with Crippen LogP contribution in [0, 0.1) is 17.8 Å². The van der Waals surface area contributed by atoms with Gasteiger partial charge >= 0.3 is 0 Å². The number of carbonyl (C=O) groups is 1. The van der Waals surface area contributed by atoms with Crippen LogP contribution in [0.1, 0.15) is 46.0 Å². The molecule has 0 heterocycles. The molecular weight excluding hydrogens is 188 g/mol. The lowest BCUT2D eigenvalue weighted by Gasteiger charge is -2.31. The molecule has 0 radical (unpaired) electrons. The zero-order valence-electron chi connectivity index (χ0n) is 10.3. The third kappa shape index (κ3) is 3.60. The third-order valence-electron chi connectivity index (χ3n) is 3.84. The van der Waals surface area contributed by atoms with Crippen molar-refractivity contribution in [2.45, 2.75) is 46.0 Å². The van der Waals surface area contributed by atoms with Gasteiger partial charge < -0.3 is 4.74 Å². The lowest BCUT2D eigenvalue weighted by Crippen LogP contribution is -2.30. The van der Waals surface area contributed by atoms with E-state index in [1.54, 1.807) is 7.11 Å². The number of rotatable bonds is 5. The van der Waals surface area contributed by atoms with E-state index < -0.39 is 0 Å².